The summed E-state index contributed by atoms with van der Waals surface area (Å²) < 4.78 is 78.2. The molecule has 10 atom stereocenters. The first kappa shape index (κ1) is 41.3. The summed E-state index contributed by atoms with van der Waals surface area (Å²) in [7, 11) is 0. The predicted molar refractivity (Wildman–Crippen MR) is 208 cm³/mol. The number of halogens is 5. The zero-order chi connectivity index (χ0) is 43.3. The van der Waals surface area contributed by atoms with Gasteiger partial charge in [-0.3, -0.25) is 14.4 Å². The van der Waals surface area contributed by atoms with E-state index in [1.807, 2.05) is 26.8 Å². The fourth-order valence-electron chi connectivity index (χ4n) is 13.9. The van der Waals surface area contributed by atoms with Crippen LogP contribution in [0.1, 0.15) is 108 Å². The van der Waals surface area contributed by atoms with Crippen molar-refractivity contribution < 1.29 is 56.0 Å². The van der Waals surface area contributed by atoms with E-state index in [4.69, 9.17) is 4.74 Å². The van der Waals surface area contributed by atoms with Crippen LogP contribution in [0.15, 0.2) is 66.3 Å². The molecule has 1 heterocycles. The Morgan fingerprint density at radius 2 is 1.53 bits per heavy atom. The number of hydrogen-bond acceptors (Lipinski definition) is 7. The van der Waals surface area contributed by atoms with Gasteiger partial charge in [-0.15, -0.1) is 13.2 Å². The molecule has 5 fully saturated rings. The highest BCUT2D eigenvalue weighted by Gasteiger charge is 2.78. The normalized spacial score (nSPS) is 40.6. The Bertz CT molecular complexity index is 2260. The summed E-state index contributed by atoms with van der Waals surface area (Å²) in [4.78, 5) is 45.0. The van der Waals surface area contributed by atoms with E-state index >= 15 is 4.79 Å². The maximum Gasteiger partial charge on any atom is 0.573 e. The van der Waals surface area contributed by atoms with Gasteiger partial charge in [0.05, 0.1) is 23.7 Å². The van der Waals surface area contributed by atoms with Gasteiger partial charge in [0.1, 0.15) is 5.75 Å². The van der Waals surface area contributed by atoms with Crippen molar-refractivity contribution in [1.82, 2.24) is 4.90 Å². The average molecular weight is 838 g/mol. The smallest absolute Gasteiger partial charge is 0.448 e. The van der Waals surface area contributed by atoms with Gasteiger partial charge in [0.15, 0.2) is 23.0 Å². The summed E-state index contributed by atoms with van der Waals surface area (Å²) in [6, 6.07) is 8.35. The van der Waals surface area contributed by atoms with Gasteiger partial charge in [-0.2, -0.15) is 0 Å². The molecule has 10 unspecified atom stereocenters. The first-order chi connectivity index (χ1) is 27.9. The summed E-state index contributed by atoms with van der Waals surface area (Å²) in [5, 5.41) is 24.3. The molecule has 8 nitrogen and oxygen atoms in total. The van der Waals surface area contributed by atoms with E-state index in [-0.39, 0.29) is 48.7 Å². The Morgan fingerprint density at radius 3 is 2.17 bits per heavy atom. The summed E-state index contributed by atoms with van der Waals surface area (Å²) in [5.41, 5.74) is -6.92. The highest BCUT2D eigenvalue weighted by Crippen LogP contribution is 2.78. The van der Waals surface area contributed by atoms with Crippen LogP contribution in [0.25, 0.3) is 0 Å². The van der Waals surface area contributed by atoms with Crippen LogP contribution in [0, 0.1) is 56.0 Å². The maximum atomic E-state index is 15.2. The van der Waals surface area contributed by atoms with Crippen LogP contribution in [0.4, 0.5) is 22.0 Å². The molecule has 0 radical (unpaired) electrons. The zero-order valence-electron chi connectivity index (χ0n) is 34.6. The summed E-state index contributed by atoms with van der Waals surface area (Å²) in [6.45, 7) is 9.40. The number of nitrogens with zero attached hydrogens (tertiary/aromatic N) is 1. The van der Waals surface area contributed by atoms with Crippen molar-refractivity contribution in [3.8, 4) is 5.75 Å². The van der Waals surface area contributed by atoms with Crippen molar-refractivity contribution in [3.63, 3.8) is 0 Å². The van der Waals surface area contributed by atoms with Crippen LogP contribution in [0.5, 0.6) is 5.75 Å². The largest absolute Gasteiger partial charge is 0.573 e. The molecule has 60 heavy (non-hydrogen) atoms. The summed E-state index contributed by atoms with van der Waals surface area (Å²) in [5.74, 6) is -4.50. The summed E-state index contributed by atoms with van der Waals surface area (Å²) in [6.07, 6.45) is 4.93. The Morgan fingerprint density at radius 1 is 0.867 bits per heavy atom. The van der Waals surface area contributed by atoms with Crippen LogP contribution < -0.4 is 4.74 Å². The molecule has 0 aromatic heterocycles. The number of Topliss-reactive ketones (excluding diaryl/α,β-unsaturated/α-hetero) is 1. The molecule has 10 rings (SSSR count). The quantitative estimate of drug-likeness (QED) is 0.118. The Labute approximate surface area is 346 Å². The minimum atomic E-state index is -4.90. The second-order valence-electron chi connectivity index (χ2n) is 20.3. The van der Waals surface area contributed by atoms with Crippen LogP contribution in [-0.4, -0.2) is 63.0 Å². The molecule has 4 saturated carbocycles. The number of esters is 1. The number of benzene rings is 2. The molecule has 2 aromatic rings. The van der Waals surface area contributed by atoms with Gasteiger partial charge >= 0.3 is 12.3 Å². The number of carbonyl (C=O) groups excluding carboxylic acids is 3. The molecule has 1 amide bonds. The van der Waals surface area contributed by atoms with E-state index in [0.717, 1.165) is 12.1 Å². The van der Waals surface area contributed by atoms with E-state index < -0.39 is 85.8 Å². The van der Waals surface area contributed by atoms with E-state index in [1.165, 1.54) is 35.2 Å². The fraction of sp³-hybridized carbons (Fsp3) is 0.596. The van der Waals surface area contributed by atoms with Gasteiger partial charge in [0, 0.05) is 39.3 Å². The minimum absolute atomic E-state index is 0.00388. The van der Waals surface area contributed by atoms with E-state index in [1.54, 1.807) is 6.92 Å². The van der Waals surface area contributed by atoms with Crippen molar-refractivity contribution in [2.24, 2.45) is 44.3 Å². The topological polar surface area (TPSA) is 113 Å². The van der Waals surface area contributed by atoms with Crippen LogP contribution in [0.2, 0.25) is 0 Å². The van der Waals surface area contributed by atoms with E-state index in [0.29, 0.717) is 56.1 Å². The molecule has 1 saturated heterocycles. The van der Waals surface area contributed by atoms with Crippen molar-refractivity contribution >= 4 is 17.7 Å². The van der Waals surface area contributed by atoms with Crippen molar-refractivity contribution in [2.75, 3.05) is 6.54 Å². The van der Waals surface area contributed by atoms with Crippen molar-refractivity contribution in [2.45, 2.75) is 123 Å². The number of hydrogen-bond donors (Lipinski definition) is 2. The standard InChI is InChI=1S/C47H52F5NO7/c1-39(2)42(5)18-21-46(39,60-38(42)57)37(56)53(25-27-6-9-30(10-7-27)59-47(50,51)52)26-44(58)17-14-35-41(44,4)16-13-34-40(3)15-12-29(54)23-43(40)19-20-45(34,35)31(24-43)36(55)28-8-11-32(48)33(49)22-28/h6-11,19-20,22,24,29,34-35,54,58H,12-18,21,23,25-26H2,1-5H3. The predicted octanol–water partition coefficient (Wildman–Crippen LogP) is 8.79. The number of rotatable bonds is 8. The molecule has 2 spiro atoms. The number of amides is 1. The van der Waals surface area contributed by atoms with Gasteiger partial charge in [0.25, 0.3) is 5.91 Å². The lowest BCUT2D eigenvalue weighted by atomic mass is 9.32. The van der Waals surface area contributed by atoms with Gasteiger partial charge in [0.2, 0.25) is 0 Å². The highest BCUT2D eigenvalue weighted by atomic mass is 19.4. The molecule has 2 N–H and O–H groups in total. The molecule has 8 aliphatic rings. The third-order valence-electron chi connectivity index (χ3n) is 17.8. The molecule has 2 aromatic carbocycles. The van der Waals surface area contributed by atoms with Crippen LogP contribution in [0.3, 0.4) is 0 Å². The molecule has 4 bridgehead atoms. The van der Waals surface area contributed by atoms with Gasteiger partial charge in [-0.25, -0.2) is 8.78 Å². The third kappa shape index (κ3) is 5.23. The van der Waals surface area contributed by atoms with Crippen molar-refractivity contribution in [3.05, 3.63) is 89.0 Å². The van der Waals surface area contributed by atoms with Crippen molar-refractivity contribution in [1.29, 1.82) is 0 Å². The Hall–Kier alpha value is -4.10. The molecule has 1 aliphatic heterocycles. The Kier molecular flexibility index (Phi) is 8.76. The maximum absolute atomic E-state index is 15.2. The highest BCUT2D eigenvalue weighted by molar-refractivity contribution is 6.10. The lowest BCUT2D eigenvalue weighted by Gasteiger charge is -2.71. The first-order valence-corrected chi connectivity index (χ1v) is 21.1. The number of ether oxygens (including phenoxy) is 2. The average Bonchev–Trinajstić information content (AvgIpc) is 3.63. The first-order valence-electron chi connectivity index (χ1n) is 21.1. The summed E-state index contributed by atoms with van der Waals surface area (Å²) >= 11 is 0. The number of ketones is 1. The van der Waals surface area contributed by atoms with Gasteiger partial charge in [-0.05, 0) is 118 Å². The van der Waals surface area contributed by atoms with E-state index in [2.05, 4.69) is 23.8 Å². The molecule has 322 valence electrons. The van der Waals surface area contributed by atoms with Crippen LogP contribution >= 0.6 is 0 Å². The lowest BCUT2D eigenvalue weighted by molar-refractivity contribution is -0.274. The molecular formula is C47H52F5NO7. The number of aliphatic hydroxyl groups is 2. The SMILES string of the molecule is CC12CCC(C(=O)N(Cc3ccc(OC(F)(F)F)cc3)CC3(O)CCC4C56C=CC7(C=C5C(=O)c5ccc(F)c(F)c5)CC(O)CCC7(C)C6CCC43C)(OC1=O)C2(C)C. The molecular weight excluding hydrogens is 786 g/mol. The molecule has 13 heteroatoms. The zero-order valence-corrected chi connectivity index (χ0v) is 34.6. The third-order valence-corrected chi connectivity index (χ3v) is 17.8. The number of fused-ring (bicyclic) bond motifs is 3. The lowest BCUT2D eigenvalue weighted by Crippen LogP contribution is -2.67. The fourth-order valence-corrected chi connectivity index (χ4v) is 13.9. The molecule has 7 aliphatic carbocycles. The minimum Gasteiger partial charge on any atom is -0.448 e. The van der Waals surface area contributed by atoms with E-state index in [9.17, 15) is 41.8 Å². The number of carbonyl (C=O) groups is 3. The van der Waals surface area contributed by atoms with Gasteiger partial charge < -0.3 is 24.6 Å². The Balaban J connectivity index is 1.12. The monoisotopic (exact) mass is 837 g/mol. The van der Waals surface area contributed by atoms with Crippen LogP contribution in [-0.2, 0) is 20.9 Å². The number of alkyl halides is 3. The number of allylic oxidation sites excluding steroid dienone is 4. The van der Waals surface area contributed by atoms with Gasteiger partial charge in [-0.1, -0.05) is 58.1 Å². The second kappa shape index (κ2) is 12.7. The second-order valence-corrected chi connectivity index (χ2v) is 20.3. The number of aliphatic hydroxyl groups excluding tert-OH is 1.